The van der Waals surface area contributed by atoms with Crippen molar-refractivity contribution in [2.75, 3.05) is 0 Å². The van der Waals surface area contributed by atoms with Gasteiger partial charge in [0.2, 0.25) is 0 Å². The summed E-state index contributed by atoms with van der Waals surface area (Å²) in [5.74, 6) is -2.40. The molecule has 1 N–H and O–H groups in total. The van der Waals surface area contributed by atoms with Gasteiger partial charge in [-0.25, -0.2) is 9.18 Å². The Labute approximate surface area is 122 Å². The lowest BCUT2D eigenvalue weighted by atomic mass is 10.1. The van der Waals surface area contributed by atoms with Gasteiger partial charge in [-0.2, -0.15) is 0 Å². The molecule has 5 nitrogen and oxygen atoms in total. The van der Waals surface area contributed by atoms with Crippen LogP contribution in [0.4, 0.5) is 4.39 Å². The van der Waals surface area contributed by atoms with Gasteiger partial charge in [-0.3, -0.25) is 0 Å². The van der Waals surface area contributed by atoms with Crippen LogP contribution >= 0.6 is 11.8 Å². The lowest BCUT2D eigenvalue weighted by Crippen LogP contribution is -2.14. The van der Waals surface area contributed by atoms with Gasteiger partial charge in [-0.05, 0) is 24.6 Å². The molecule has 0 bridgehead atoms. The zero-order valence-corrected chi connectivity index (χ0v) is 11.4. The number of thioether (sulfide) groups is 1. The van der Waals surface area contributed by atoms with Crippen LogP contribution in [0.25, 0.3) is 0 Å². The molecule has 21 heavy (non-hydrogen) atoms. The van der Waals surface area contributed by atoms with Crippen LogP contribution in [0.5, 0.6) is 0 Å². The van der Waals surface area contributed by atoms with E-state index in [-0.39, 0.29) is 11.4 Å². The first-order valence-corrected chi connectivity index (χ1v) is 7.10. The van der Waals surface area contributed by atoms with E-state index in [4.69, 9.17) is 19.6 Å². The summed E-state index contributed by atoms with van der Waals surface area (Å²) in [6, 6.07) is 4.65. The molecule has 0 unspecified atom stereocenters. The van der Waals surface area contributed by atoms with Crippen LogP contribution < -0.4 is 0 Å². The van der Waals surface area contributed by atoms with Gasteiger partial charge < -0.3 is 9.84 Å². The lowest BCUT2D eigenvalue weighted by molar-refractivity contribution is -0.00958. The maximum absolute atomic E-state index is 13.4. The molecule has 1 aromatic carbocycles. The Kier molecular flexibility index (Phi) is 2.66. The molecule has 2 aliphatic heterocycles. The van der Waals surface area contributed by atoms with Crippen LogP contribution in [-0.4, -0.2) is 11.1 Å². The number of hydrogen-bond acceptors (Lipinski definition) is 5. The second-order valence-electron chi connectivity index (χ2n) is 4.82. The number of aromatic carboxylic acids is 1. The van der Waals surface area contributed by atoms with Crippen LogP contribution in [0.1, 0.15) is 28.8 Å². The van der Waals surface area contributed by atoms with Crippen molar-refractivity contribution < 1.29 is 28.8 Å². The van der Waals surface area contributed by atoms with Gasteiger partial charge >= 0.3 is 11.9 Å². The first kappa shape index (κ1) is 12.9. The molecule has 1 spiro atoms. The molecule has 0 saturated carbocycles. The van der Waals surface area contributed by atoms with Crippen LogP contribution in [0.15, 0.2) is 45.7 Å². The van der Waals surface area contributed by atoms with Gasteiger partial charge in [0, 0.05) is 22.3 Å². The second-order valence-corrected chi connectivity index (χ2v) is 5.96. The summed E-state index contributed by atoms with van der Waals surface area (Å²) < 4.78 is 19.1. The minimum atomic E-state index is -1.46. The molecule has 3 aliphatic rings. The topological polar surface area (TPSA) is 71.6 Å². The maximum atomic E-state index is 13.4. The third-order valence-electron chi connectivity index (χ3n) is 3.42. The monoisotopic (exact) mass is 308 g/mol. The number of allylic oxidation sites excluding steroid dienone is 3. The van der Waals surface area contributed by atoms with Crippen LogP contribution in [0, 0.1) is 0 Å². The zero-order valence-electron chi connectivity index (χ0n) is 10.6. The number of fused-ring (bicyclic) bond motifs is 2. The second kappa shape index (κ2) is 4.33. The lowest BCUT2D eigenvalue weighted by Gasteiger charge is -2.14. The number of carboxylic acid groups (broad SMARTS) is 1. The minimum absolute atomic E-state index is 0.109. The quantitative estimate of drug-likeness (QED) is 0.633. The number of hydrogen-bond donors (Lipinski definition) is 1. The highest BCUT2D eigenvalue weighted by molar-refractivity contribution is 8.03. The smallest absolute Gasteiger partial charge is 0.411 e. The fourth-order valence-corrected chi connectivity index (χ4v) is 3.42. The number of ether oxygens (including phenoxy) is 1. The van der Waals surface area contributed by atoms with E-state index in [1.807, 2.05) is 0 Å². The van der Waals surface area contributed by atoms with Crippen molar-refractivity contribution in [3.05, 3.63) is 51.9 Å². The first-order valence-electron chi connectivity index (χ1n) is 6.28. The van der Waals surface area contributed by atoms with E-state index >= 15 is 0 Å². The number of halogens is 1. The molecule has 1 fully saturated rings. The highest BCUT2D eigenvalue weighted by Crippen LogP contribution is 2.53. The van der Waals surface area contributed by atoms with Gasteiger partial charge in [-0.15, -0.1) is 9.78 Å². The average molecular weight is 308 g/mol. The van der Waals surface area contributed by atoms with E-state index in [1.165, 1.54) is 30.0 Å². The summed E-state index contributed by atoms with van der Waals surface area (Å²) in [6.07, 6.45) is 2.17. The molecular weight excluding hydrogens is 299 g/mol. The maximum Gasteiger partial charge on any atom is 0.411 e. The Morgan fingerprint density at radius 2 is 2.14 bits per heavy atom. The summed E-state index contributed by atoms with van der Waals surface area (Å²) in [6.45, 7) is 0. The molecule has 4 rings (SSSR count). The molecule has 1 aliphatic carbocycles. The Bertz CT molecular complexity index is 720. The molecule has 0 radical (unpaired) electrons. The van der Waals surface area contributed by atoms with Gasteiger partial charge in [0.15, 0.2) is 0 Å². The van der Waals surface area contributed by atoms with Gasteiger partial charge in [0.1, 0.15) is 11.6 Å². The SMILES string of the molecule is O=C(O)c1ccc2c(c1)C1(OO1)OC1=C(CCC(F)=C1)S2. The van der Waals surface area contributed by atoms with Gasteiger partial charge in [0.05, 0.1) is 11.1 Å². The number of carbonyl (C=O) groups is 1. The van der Waals surface area contributed by atoms with E-state index in [9.17, 15) is 9.18 Å². The number of rotatable bonds is 1. The summed E-state index contributed by atoms with van der Waals surface area (Å²) in [7, 11) is 0. The van der Waals surface area contributed by atoms with E-state index in [1.54, 1.807) is 6.07 Å². The van der Waals surface area contributed by atoms with Crippen molar-refractivity contribution in [1.29, 1.82) is 0 Å². The van der Waals surface area contributed by atoms with Crippen molar-refractivity contribution in [1.82, 2.24) is 0 Å². The van der Waals surface area contributed by atoms with Crippen LogP contribution in [0.2, 0.25) is 0 Å². The Morgan fingerprint density at radius 3 is 2.86 bits per heavy atom. The molecular formula is C14H9FO5S. The Morgan fingerprint density at radius 1 is 1.33 bits per heavy atom. The highest BCUT2D eigenvalue weighted by atomic mass is 32.2. The molecule has 7 heteroatoms. The van der Waals surface area contributed by atoms with E-state index in [0.29, 0.717) is 24.2 Å². The average Bonchev–Trinajstić information content (AvgIpc) is 3.24. The van der Waals surface area contributed by atoms with Crippen molar-refractivity contribution in [3.8, 4) is 0 Å². The third kappa shape index (κ3) is 2.05. The Balaban J connectivity index is 1.83. The third-order valence-corrected chi connectivity index (χ3v) is 4.65. The van der Waals surface area contributed by atoms with Gasteiger partial charge in [0.25, 0.3) is 0 Å². The summed E-state index contributed by atoms with van der Waals surface area (Å²) in [5, 5.41) is 9.09. The van der Waals surface area contributed by atoms with Crippen molar-refractivity contribution in [2.45, 2.75) is 23.7 Å². The van der Waals surface area contributed by atoms with E-state index in [0.717, 1.165) is 9.80 Å². The van der Waals surface area contributed by atoms with Crippen molar-refractivity contribution in [2.24, 2.45) is 0 Å². The van der Waals surface area contributed by atoms with E-state index in [2.05, 4.69) is 0 Å². The largest absolute Gasteiger partial charge is 0.478 e. The molecule has 0 aromatic heterocycles. The molecule has 1 saturated heterocycles. The predicted octanol–water partition coefficient (Wildman–Crippen LogP) is 3.44. The van der Waals surface area contributed by atoms with E-state index < -0.39 is 11.9 Å². The van der Waals surface area contributed by atoms with Crippen molar-refractivity contribution >= 4 is 17.7 Å². The van der Waals surface area contributed by atoms with Crippen LogP contribution in [0.3, 0.4) is 0 Å². The summed E-state index contributed by atoms with van der Waals surface area (Å²) in [5.41, 5.74) is 0.591. The molecule has 1 aromatic rings. The zero-order chi connectivity index (χ0) is 14.6. The number of carboxylic acids is 1. The summed E-state index contributed by atoms with van der Waals surface area (Å²) >= 11 is 1.42. The van der Waals surface area contributed by atoms with Crippen molar-refractivity contribution in [3.63, 3.8) is 0 Å². The molecule has 0 atom stereocenters. The standard InChI is InChI=1S/C14H9FO5S/c15-8-2-4-12-10(6-8)18-14(19-20-14)9-5-7(13(16)17)1-3-11(9)21-12/h1,3,5-6H,2,4H2,(H,16,17). The fraction of sp³-hybridized carbons (Fsp3) is 0.214. The van der Waals surface area contributed by atoms with Crippen LogP contribution in [-0.2, 0) is 20.5 Å². The molecule has 2 heterocycles. The van der Waals surface area contributed by atoms with Gasteiger partial charge in [-0.1, -0.05) is 11.8 Å². The molecule has 0 amide bonds. The minimum Gasteiger partial charge on any atom is -0.478 e. The predicted molar refractivity (Wildman–Crippen MR) is 69.6 cm³/mol. The normalized spacial score (nSPS) is 21.9. The fourth-order valence-electron chi connectivity index (χ4n) is 2.32. The molecule has 108 valence electrons. The first-order chi connectivity index (χ1) is 10.1. The summed E-state index contributed by atoms with van der Waals surface area (Å²) in [4.78, 5) is 22.6. The highest BCUT2D eigenvalue weighted by Gasteiger charge is 2.58. The Hall–Kier alpha value is -1.83. The number of benzene rings is 1.